The number of carbonyl (C=O) groups excluding carboxylic acids is 2. The van der Waals surface area contributed by atoms with Gasteiger partial charge in [-0.3, -0.25) is 14.2 Å². The van der Waals surface area contributed by atoms with Crippen molar-refractivity contribution in [1.82, 2.24) is 0 Å². The van der Waals surface area contributed by atoms with E-state index in [0.29, 0.717) is 23.9 Å². The van der Waals surface area contributed by atoms with Crippen LogP contribution in [0.4, 0.5) is 0 Å². The van der Waals surface area contributed by atoms with Gasteiger partial charge in [0.15, 0.2) is 6.10 Å². The number of phosphoric acid groups is 1. The molecule has 0 saturated heterocycles. The van der Waals surface area contributed by atoms with E-state index >= 15 is 0 Å². The quantitative estimate of drug-likeness (QED) is 0.0195. The Kier molecular flexibility index (Phi) is 44.0. The van der Waals surface area contributed by atoms with Gasteiger partial charge >= 0.3 is 11.9 Å². The molecule has 9 nitrogen and oxygen atoms in total. The first-order valence-corrected chi connectivity index (χ1v) is 27.9. The molecule has 368 valence electrons. The molecule has 0 aromatic carbocycles. The molecule has 0 aromatic heterocycles. The van der Waals surface area contributed by atoms with Crippen LogP contribution in [0.2, 0.25) is 0 Å². The number of likely N-dealkylation sites (N-methyl/N-ethyl adjacent to an activating group) is 1. The topological polar surface area (TPSA) is 111 Å². The Balaban J connectivity index is 4.18. The van der Waals surface area contributed by atoms with Crippen molar-refractivity contribution in [2.45, 2.75) is 264 Å². The molecule has 2 atom stereocenters. The van der Waals surface area contributed by atoms with Crippen molar-refractivity contribution in [2.75, 3.05) is 47.5 Å². The lowest BCUT2D eigenvalue weighted by molar-refractivity contribution is -0.870. The summed E-state index contributed by atoms with van der Waals surface area (Å²) in [6.07, 6.45) is 49.6. The first-order valence-electron chi connectivity index (χ1n) is 26.4. The van der Waals surface area contributed by atoms with E-state index in [2.05, 4.69) is 26.0 Å². The number of carbonyl (C=O) groups is 2. The van der Waals surface area contributed by atoms with Crippen molar-refractivity contribution >= 4 is 19.8 Å². The van der Waals surface area contributed by atoms with Crippen molar-refractivity contribution in [1.29, 1.82) is 0 Å². The van der Waals surface area contributed by atoms with Crippen LogP contribution in [-0.4, -0.2) is 70.0 Å². The van der Waals surface area contributed by atoms with Gasteiger partial charge in [-0.2, -0.15) is 0 Å². The van der Waals surface area contributed by atoms with Crippen LogP contribution < -0.4 is 4.89 Å². The van der Waals surface area contributed by atoms with E-state index in [0.717, 1.165) is 38.5 Å². The lowest BCUT2D eigenvalue weighted by atomic mass is 10.0. The number of allylic oxidation sites excluding steroid dienone is 2. The molecule has 0 bridgehead atoms. The predicted octanol–water partition coefficient (Wildman–Crippen LogP) is 15.1. The number of hydrogen-bond donors (Lipinski definition) is 0. The minimum Gasteiger partial charge on any atom is -0.756 e. The second kappa shape index (κ2) is 44.9. The lowest BCUT2D eigenvalue weighted by Gasteiger charge is -2.28. The standard InChI is InChI=1S/C52H102NO8P/c1-6-8-10-12-14-16-18-20-22-23-24-25-26-27-28-29-31-33-35-37-39-41-43-45-52(55)61-50(49-60-62(56,57)59-47-46-53(3,4)5)48-58-51(54)44-42-40-38-36-34-32-30-21-19-17-15-13-11-9-7-2/h32,34,50H,6-31,33,35-49H2,1-5H3/b34-32+/t50-/m1/s1. The maximum absolute atomic E-state index is 12.7. The third-order valence-corrected chi connectivity index (χ3v) is 12.7. The minimum atomic E-state index is -4.63. The average molecular weight is 900 g/mol. The van der Waals surface area contributed by atoms with Gasteiger partial charge in [-0.25, -0.2) is 0 Å². The highest BCUT2D eigenvalue weighted by molar-refractivity contribution is 7.45. The Morgan fingerprint density at radius 2 is 0.823 bits per heavy atom. The summed E-state index contributed by atoms with van der Waals surface area (Å²) in [4.78, 5) is 37.7. The number of rotatable bonds is 49. The van der Waals surface area contributed by atoms with Crippen molar-refractivity contribution in [2.24, 2.45) is 0 Å². The van der Waals surface area contributed by atoms with Gasteiger partial charge in [0.1, 0.15) is 19.8 Å². The van der Waals surface area contributed by atoms with Crippen molar-refractivity contribution in [3.05, 3.63) is 12.2 Å². The van der Waals surface area contributed by atoms with E-state index in [4.69, 9.17) is 18.5 Å². The van der Waals surface area contributed by atoms with E-state index in [9.17, 15) is 19.0 Å². The number of unbranched alkanes of at least 4 members (excludes halogenated alkanes) is 33. The van der Waals surface area contributed by atoms with Gasteiger partial charge in [0.25, 0.3) is 7.82 Å². The minimum absolute atomic E-state index is 0.0295. The number of hydrogen-bond acceptors (Lipinski definition) is 8. The van der Waals surface area contributed by atoms with E-state index in [1.807, 2.05) is 21.1 Å². The zero-order valence-electron chi connectivity index (χ0n) is 41.6. The Morgan fingerprint density at radius 3 is 1.21 bits per heavy atom. The molecule has 0 spiro atoms. The van der Waals surface area contributed by atoms with Gasteiger partial charge in [-0.1, -0.05) is 219 Å². The van der Waals surface area contributed by atoms with Crippen LogP contribution in [0.3, 0.4) is 0 Å². The van der Waals surface area contributed by atoms with Crippen LogP contribution in [-0.2, 0) is 32.7 Å². The van der Waals surface area contributed by atoms with E-state index < -0.39 is 32.5 Å². The molecule has 0 rings (SSSR count). The number of quaternary nitrogens is 1. The molecule has 0 fully saturated rings. The fourth-order valence-electron chi connectivity index (χ4n) is 7.65. The summed E-state index contributed by atoms with van der Waals surface area (Å²) in [6, 6.07) is 0. The zero-order chi connectivity index (χ0) is 45.7. The average Bonchev–Trinajstić information content (AvgIpc) is 3.23. The summed E-state index contributed by atoms with van der Waals surface area (Å²) in [7, 11) is 1.17. The number of ether oxygens (including phenoxy) is 2. The van der Waals surface area contributed by atoms with Crippen LogP contribution in [0, 0.1) is 0 Å². The molecule has 0 amide bonds. The maximum atomic E-state index is 12.7. The summed E-state index contributed by atoms with van der Waals surface area (Å²) in [5.74, 6) is -0.837. The van der Waals surface area contributed by atoms with Gasteiger partial charge in [0.05, 0.1) is 27.7 Å². The highest BCUT2D eigenvalue weighted by atomic mass is 31.2. The Bertz CT molecular complexity index is 1060. The van der Waals surface area contributed by atoms with E-state index in [-0.39, 0.29) is 26.1 Å². The number of nitrogens with zero attached hydrogens (tertiary/aromatic N) is 1. The second-order valence-corrected chi connectivity index (χ2v) is 20.7. The first kappa shape index (κ1) is 60.8. The third kappa shape index (κ3) is 48.2. The molecule has 0 aliphatic rings. The molecule has 0 aliphatic carbocycles. The zero-order valence-corrected chi connectivity index (χ0v) is 42.5. The molecule has 1 unspecified atom stereocenters. The fourth-order valence-corrected chi connectivity index (χ4v) is 8.38. The van der Waals surface area contributed by atoms with Crippen molar-refractivity contribution in [3.8, 4) is 0 Å². The summed E-state index contributed by atoms with van der Waals surface area (Å²) in [5.41, 5.74) is 0. The predicted molar refractivity (Wildman–Crippen MR) is 259 cm³/mol. The molecule has 0 N–H and O–H groups in total. The van der Waals surface area contributed by atoms with Gasteiger partial charge in [-0.05, 0) is 38.5 Å². The number of esters is 2. The SMILES string of the molecule is CCCCCCCCCC/C=C/CCCCCC(=O)OC[C@H](COP(=O)([O-])OCC[N+](C)(C)C)OC(=O)CCCCCCCCCCCCCCCCCCCCCCCCC. The highest BCUT2D eigenvalue weighted by Crippen LogP contribution is 2.38. The monoisotopic (exact) mass is 900 g/mol. The summed E-state index contributed by atoms with van der Waals surface area (Å²) in [5, 5.41) is 0. The van der Waals surface area contributed by atoms with Gasteiger partial charge in [-0.15, -0.1) is 0 Å². The van der Waals surface area contributed by atoms with Crippen LogP contribution in [0.25, 0.3) is 0 Å². The molecule has 0 radical (unpaired) electrons. The van der Waals surface area contributed by atoms with Crippen LogP contribution in [0.1, 0.15) is 258 Å². The van der Waals surface area contributed by atoms with Gasteiger partial charge < -0.3 is 27.9 Å². The van der Waals surface area contributed by atoms with Crippen LogP contribution >= 0.6 is 7.82 Å². The Morgan fingerprint density at radius 1 is 0.484 bits per heavy atom. The molecule has 0 aromatic rings. The molecule has 0 aliphatic heterocycles. The number of phosphoric ester groups is 1. The molecule has 62 heavy (non-hydrogen) atoms. The first-order chi connectivity index (χ1) is 30.0. The van der Waals surface area contributed by atoms with Crippen molar-refractivity contribution in [3.63, 3.8) is 0 Å². The maximum Gasteiger partial charge on any atom is 0.306 e. The lowest BCUT2D eigenvalue weighted by Crippen LogP contribution is -2.37. The molecular weight excluding hydrogens is 798 g/mol. The van der Waals surface area contributed by atoms with Crippen molar-refractivity contribution < 1.29 is 42.1 Å². The molecular formula is C52H102NO8P. The largest absolute Gasteiger partial charge is 0.756 e. The molecule has 10 heteroatoms. The molecule has 0 heterocycles. The molecule has 0 saturated carbocycles. The Labute approximate surface area is 384 Å². The third-order valence-electron chi connectivity index (χ3n) is 11.8. The Hall–Kier alpha value is -1.25. The van der Waals surface area contributed by atoms with Gasteiger partial charge in [0, 0.05) is 12.8 Å². The highest BCUT2D eigenvalue weighted by Gasteiger charge is 2.21. The summed E-state index contributed by atoms with van der Waals surface area (Å²) >= 11 is 0. The van der Waals surface area contributed by atoms with Crippen LogP contribution in [0.5, 0.6) is 0 Å². The summed E-state index contributed by atoms with van der Waals surface area (Å²) < 4.78 is 34.0. The smallest absolute Gasteiger partial charge is 0.306 e. The summed E-state index contributed by atoms with van der Waals surface area (Å²) in [6.45, 7) is 4.26. The van der Waals surface area contributed by atoms with Crippen LogP contribution in [0.15, 0.2) is 12.2 Å². The normalized spacial score (nSPS) is 13.5. The van der Waals surface area contributed by atoms with E-state index in [1.54, 1.807) is 0 Å². The van der Waals surface area contributed by atoms with E-state index in [1.165, 1.54) is 180 Å². The van der Waals surface area contributed by atoms with Gasteiger partial charge in [0.2, 0.25) is 0 Å². The fraction of sp³-hybridized carbons (Fsp3) is 0.923. The second-order valence-electron chi connectivity index (χ2n) is 19.2.